The van der Waals surface area contributed by atoms with E-state index < -0.39 is 54.6 Å². The second-order valence-corrected chi connectivity index (χ2v) is 9.06. The molecule has 1 aliphatic rings. The summed E-state index contributed by atoms with van der Waals surface area (Å²) in [5.41, 5.74) is 9.10. The van der Waals surface area contributed by atoms with Crippen molar-refractivity contribution in [2.75, 3.05) is 0 Å². The predicted octanol–water partition coefficient (Wildman–Crippen LogP) is 4.26. The van der Waals surface area contributed by atoms with Crippen LogP contribution in [0, 0.1) is 18.8 Å². The Morgan fingerprint density at radius 1 is 1.08 bits per heavy atom. The molecule has 36 heavy (non-hydrogen) atoms. The molecule has 2 amide bonds. The third kappa shape index (κ3) is 6.59. The van der Waals surface area contributed by atoms with E-state index in [4.69, 9.17) is 5.73 Å². The molecule has 1 aliphatic heterocycles. The Morgan fingerprint density at radius 2 is 1.78 bits per heavy atom. The zero-order valence-electron chi connectivity index (χ0n) is 20.3. The molecule has 1 heterocycles. The number of alkyl halides is 3. The van der Waals surface area contributed by atoms with E-state index in [1.54, 1.807) is 6.92 Å². The van der Waals surface area contributed by atoms with Crippen LogP contribution in [0.5, 0.6) is 0 Å². The van der Waals surface area contributed by atoms with Gasteiger partial charge in [0, 0.05) is 35.8 Å². The molecule has 0 saturated heterocycles. The Bertz CT molecular complexity index is 1150. The van der Waals surface area contributed by atoms with Crippen LogP contribution in [-0.2, 0) is 20.8 Å². The lowest BCUT2D eigenvalue weighted by molar-refractivity contribution is -0.146. The van der Waals surface area contributed by atoms with Crippen LogP contribution in [0.3, 0.4) is 0 Å². The molecule has 9 heteroatoms. The summed E-state index contributed by atoms with van der Waals surface area (Å²) in [5, 5.41) is 2.54. The largest absolute Gasteiger partial charge is 0.389 e. The maximum Gasteiger partial charge on any atom is 0.389 e. The normalized spacial score (nSPS) is 17.4. The van der Waals surface area contributed by atoms with Crippen molar-refractivity contribution in [3.8, 4) is 0 Å². The molecule has 2 aromatic rings. The fraction of sp³-hybridized carbons (Fsp3) is 0.407. The van der Waals surface area contributed by atoms with Crippen LogP contribution >= 0.6 is 0 Å². The molecule has 0 aliphatic carbocycles. The van der Waals surface area contributed by atoms with Gasteiger partial charge in [-0.25, -0.2) is 0 Å². The van der Waals surface area contributed by atoms with Crippen LogP contribution in [0.1, 0.15) is 54.9 Å². The summed E-state index contributed by atoms with van der Waals surface area (Å²) in [6, 6.07) is 14.7. The second-order valence-electron chi connectivity index (χ2n) is 9.06. The number of rotatable bonds is 9. The van der Waals surface area contributed by atoms with Gasteiger partial charge < -0.3 is 11.1 Å². The molecule has 0 radical (unpaired) electrons. The van der Waals surface area contributed by atoms with Crippen molar-refractivity contribution in [2.24, 2.45) is 22.6 Å². The van der Waals surface area contributed by atoms with Gasteiger partial charge in [-0.15, -0.1) is 0 Å². The quantitative estimate of drug-likeness (QED) is 0.537. The number of nitrogens with zero attached hydrogens (tertiary/aromatic N) is 1. The van der Waals surface area contributed by atoms with Gasteiger partial charge in [0.05, 0.1) is 5.71 Å². The number of halogens is 3. The minimum atomic E-state index is -4.51. The van der Waals surface area contributed by atoms with Crippen LogP contribution in [0.25, 0.3) is 0 Å². The molecule has 0 saturated carbocycles. The third-order valence-corrected chi connectivity index (χ3v) is 6.43. The van der Waals surface area contributed by atoms with Crippen LogP contribution in [-0.4, -0.2) is 35.7 Å². The van der Waals surface area contributed by atoms with E-state index in [-0.39, 0.29) is 12.8 Å². The van der Waals surface area contributed by atoms with Gasteiger partial charge in [0.1, 0.15) is 0 Å². The van der Waals surface area contributed by atoms with Gasteiger partial charge >= 0.3 is 6.18 Å². The van der Waals surface area contributed by atoms with Crippen molar-refractivity contribution in [1.29, 1.82) is 0 Å². The van der Waals surface area contributed by atoms with E-state index in [2.05, 4.69) is 10.3 Å². The number of aryl methyl sites for hydroxylation is 1. The minimum Gasteiger partial charge on any atom is -0.369 e. The number of carbonyl (C=O) groups excluding carboxylic acids is 3. The van der Waals surface area contributed by atoms with Crippen molar-refractivity contribution in [3.63, 3.8) is 0 Å². The average molecular weight is 502 g/mol. The Morgan fingerprint density at radius 3 is 2.39 bits per heavy atom. The summed E-state index contributed by atoms with van der Waals surface area (Å²) >= 11 is 0. The number of hydrogen-bond donors (Lipinski definition) is 2. The van der Waals surface area contributed by atoms with Crippen molar-refractivity contribution in [1.82, 2.24) is 5.32 Å². The van der Waals surface area contributed by atoms with Gasteiger partial charge in [-0.2, -0.15) is 13.2 Å². The van der Waals surface area contributed by atoms with Crippen LogP contribution in [0.15, 0.2) is 53.5 Å². The monoisotopic (exact) mass is 501 g/mol. The topological polar surface area (TPSA) is 102 Å². The van der Waals surface area contributed by atoms with E-state index >= 15 is 0 Å². The molecule has 0 fully saturated rings. The van der Waals surface area contributed by atoms with E-state index in [1.165, 1.54) is 0 Å². The lowest BCUT2D eigenvalue weighted by Gasteiger charge is -2.25. The fourth-order valence-corrected chi connectivity index (χ4v) is 4.57. The van der Waals surface area contributed by atoms with Crippen LogP contribution in [0.2, 0.25) is 0 Å². The summed E-state index contributed by atoms with van der Waals surface area (Å²) in [6.07, 6.45) is -7.08. The second kappa shape index (κ2) is 11.5. The predicted molar refractivity (Wildman–Crippen MR) is 130 cm³/mol. The first kappa shape index (κ1) is 27.1. The first-order chi connectivity index (χ1) is 17.0. The number of carbonyl (C=O) groups is 3. The van der Waals surface area contributed by atoms with Gasteiger partial charge in [0.15, 0.2) is 11.9 Å². The average Bonchev–Trinajstić information content (AvgIpc) is 2.95. The van der Waals surface area contributed by atoms with Crippen molar-refractivity contribution in [3.05, 3.63) is 70.8 Å². The van der Waals surface area contributed by atoms with E-state index in [0.29, 0.717) is 12.1 Å². The van der Waals surface area contributed by atoms with Crippen molar-refractivity contribution in [2.45, 2.75) is 58.3 Å². The van der Waals surface area contributed by atoms with Crippen LogP contribution < -0.4 is 11.1 Å². The van der Waals surface area contributed by atoms with Gasteiger partial charge in [-0.05, 0) is 30.9 Å². The molecule has 3 atom stereocenters. The number of Topliss-reactive ketones (excluding diaryl/α,β-unsaturated/α-hetero) is 1. The van der Waals surface area contributed by atoms with E-state index in [0.717, 1.165) is 22.3 Å². The summed E-state index contributed by atoms with van der Waals surface area (Å²) in [5.74, 6) is -4.50. The molecule has 2 aromatic carbocycles. The SMILES string of the molecule is CCC[C@H](C(N)=O)[C@@H](CCC(F)(F)F)C(=O)N[C@H]1N=C(c2ccccc2)c2cccc(C)c2CC1=O. The Hall–Kier alpha value is -3.49. The highest BCUT2D eigenvalue weighted by Gasteiger charge is 2.38. The Kier molecular flexibility index (Phi) is 8.66. The molecule has 192 valence electrons. The van der Waals surface area contributed by atoms with Crippen LogP contribution in [0.4, 0.5) is 13.2 Å². The van der Waals surface area contributed by atoms with Crippen molar-refractivity contribution < 1.29 is 27.6 Å². The highest BCUT2D eigenvalue weighted by molar-refractivity contribution is 6.16. The standard InChI is InChI=1S/C27H30F3N3O3/c1-3-8-19(24(31)35)20(13-14-27(28,29)30)26(36)33-25-22(34)15-21-16(2)9-7-12-18(21)23(32-25)17-10-5-4-6-11-17/h4-7,9-12,19-20,25H,3,8,13-15H2,1-2H3,(H2,31,35)(H,33,36)/t19-,20+,25+/m0/s1. The lowest BCUT2D eigenvalue weighted by Crippen LogP contribution is -2.47. The first-order valence-electron chi connectivity index (χ1n) is 11.9. The third-order valence-electron chi connectivity index (χ3n) is 6.43. The molecule has 6 nitrogen and oxygen atoms in total. The highest BCUT2D eigenvalue weighted by atomic mass is 19.4. The van der Waals surface area contributed by atoms with Crippen molar-refractivity contribution >= 4 is 23.3 Å². The molecular formula is C27H30F3N3O3. The molecule has 3 N–H and O–H groups in total. The fourth-order valence-electron chi connectivity index (χ4n) is 4.57. The highest BCUT2D eigenvalue weighted by Crippen LogP contribution is 2.30. The molecule has 0 unspecified atom stereocenters. The number of hydrogen-bond acceptors (Lipinski definition) is 4. The number of amides is 2. The first-order valence-corrected chi connectivity index (χ1v) is 11.9. The molecule has 0 aromatic heterocycles. The zero-order chi connectivity index (χ0) is 26.5. The van der Waals surface area contributed by atoms with E-state index in [1.807, 2.05) is 55.5 Å². The molecule has 0 spiro atoms. The van der Waals surface area contributed by atoms with Gasteiger partial charge in [0.2, 0.25) is 11.8 Å². The van der Waals surface area contributed by atoms with E-state index in [9.17, 15) is 27.6 Å². The summed E-state index contributed by atoms with van der Waals surface area (Å²) in [4.78, 5) is 43.1. The Labute approximate surface area is 208 Å². The van der Waals surface area contributed by atoms with Gasteiger partial charge in [-0.3, -0.25) is 19.4 Å². The number of aliphatic imine (C=N–C) groups is 1. The number of nitrogens with one attached hydrogen (secondary N) is 1. The number of primary amides is 1. The number of ketones is 1. The summed E-state index contributed by atoms with van der Waals surface area (Å²) in [6.45, 7) is 3.63. The van der Waals surface area contributed by atoms with Gasteiger partial charge in [-0.1, -0.05) is 61.9 Å². The smallest absolute Gasteiger partial charge is 0.369 e. The Balaban J connectivity index is 1.99. The number of benzene rings is 2. The molecule has 3 rings (SSSR count). The molecule has 0 bridgehead atoms. The minimum absolute atomic E-state index is 0.00574. The maximum atomic E-state index is 13.3. The zero-order valence-corrected chi connectivity index (χ0v) is 20.3. The summed E-state index contributed by atoms with van der Waals surface area (Å²) < 4.78 is 39.0. The van der Waals surface area contributed by atoms with Gasteiger partial charge in [0.25, 0.3) is 0 Å². The number of nitrogens with two attached hydrogens (primary N) is 1. The lowest BCUT2D eigenvalue weighted by atomic mass is 9.83. The molecular weight excluding hydrogens is 471 g/mol. The number of fused-ring (bicyclic) bond motifs is 1. The maximum absolute atomic E-state index is 13.3. The summed E-state index contributed by atoms with van der Waals surface area (Å²) in [7, 11) is 0.